The van der Waals surface area contributed by atoms with Gasteiger partial charge in [0.25, 0.3) is 0 Å². The highest BCUT2D eigenvalue weighted by atomic mass is 16.6. The third kappa shape index (κ3) is 5.37. The van der Waals surface area contributed by atoms with Crippen molar-refractivity contribution in [2.75, 3.05) is 19.6 Å². The molecule has 71 heavy (non-hydrogen) atoms. The molecule has 0 aromatic heterocycles. The molecular formula is C63H81N3O5. The van der Waals surface area contributed by atoms with Crippen molar-refractivity contribution in [2.45, 2.75) is 191 Å². The van der Waals surface area contributed by atoms with Crippen molar-refractivity contribution in [2.24, 2.45) is 87.1 Å². The number of carbonyl (C=O) groups is 2. The van der Waals surface area contributed by atoms with Crippen LogP contribution in [0.25, 0.3) is 0 Å². The van der Waals surface area contributed by atoms with Gasteiger partial charge in [-0.1, -0.05) is 86.9 Å². The summed E-state index contributed by atoms with van der Waals surface area (Å²) in [6.45, 7) is 5.43. The second-order valence-electron chi connectivity index (χ2n) is 27.5. The number of aliphatic hydroxyl groups is 1. The number of fused-ring (bicyclic) bond motifs is 8. The van der Waals surface area contributed by atoms with Crippen LogP contribution in [0.4, 0.5) is 0 Å². The van der Waals surface area contributed by atoms with Gasteiger partial charge in [-0.05, 0) is 192 Å². The number of rotatable bonds is 5. The Morgan fingerprint density at radius 2 is 1.66 bits per heavy atom. The molecule has 0 radical (unpaired) electrons. The SMILES string of the molecule is C[C@@H]1CC2=C3[C@H]4C5=C6[C@@H](/C=C\[C@@H](C7CCCCC7)C[C@H]7[C@]68C(=O)O/C(=C(/O)[C@@H]6CC[C@@H]9[C@H]%10C[C@@H](CN9[C@H]6[C@@H]6CCCC9(CCCC9)C6)[C@H](CC2)N3C%10)[C@@]8(CC5)[C@]72OC(=O)c3c(CCCN)cccc32)C[C@H]41. The Balaban J connectivity index is 0.988. The minimum Gasteiger partial charge on any atom is -0.508 e. The molecule has 16 rings (SSSR count). The number of hydrogen-bond donors (Lipinski definition) is 2. The molecule has 3 N–H and O–H groups in total. The average Bonchev–Trinajstić information content (AvgIpc) is 4.15. The monoisotopic (exact) mass is 960 g/mol. The van der Waals surface area contributed by atoms with Gasteiger partial charge < -0.3 is 25.2 Å². The second-order valence-corrected chi connectivity index (χ2v) is 27.5. The number of carbonyl (C=O) groups excluding carboxylic acids is 2. The molecule has 4 saturated heterocycles. The van der Waals surface area contributed by atoms with E-state index in [1.165, 1.54) is 121 Å². The van der Waals surface area contributed by atoms with Crippen LogP contribution in [-0.2, 0) is 26.3 Å². The normalized spacial score (nSPS) is 47.9. The summed E-state index contributed by atoms with van der Waals surface area (Å²) in [6, 6.07) is 7.78. The number of ether oxygens (including phenoxy) is 2. The van der Waals surface area contributed by atoms with E-state index in [-0.39, 0.29) is 41.7 Å². The van der Waals surface area contributed by atoms with Crippen LogP contribution < -0.4 is 5.73 Å². The first-order valence-electron chi connectivity index (χ1n) is 30.1. The summed E-state index contributed by atoms with van der Waals surface area (Å²) in [5.74, 6) is 4.18. The predicted octanol–water partition coefficient (Wildman–Crippen LogP) is 12.0. The molecule has 7 heterocycles. The largest absolute Gasteiger partial charge is 0.508 e. The molecule has 0 unspecified atom stereocenters. The number of benzene rings is 1. The molecule has 378 valence electrons. The lowest BCUT2D eigenvalue weighted by Gasteiger charge is -2.73. The summed E-state index contributed by atoms with van der Waals surface area (Å²) in [7, 11) is 0. The Bertz CT molecular complexity index is 2610. The quantitative estimate of drug-likeness (QED) is 0.222. The van der Waals surface area contributed by atoms with E-state index in [4.69, 9.17) is 15.2 Å². The van der Waals surface area contributed by atoms with Gasteiger partial charge in [-0.2, -0.15) is 0 Å². The van der Waals surface area contributed by atoms with Gasteiger partial charge in [0.05, 0.1) is 11.0 Å². The van der Waals surface area contributed by atoms with Gasteiger partial charge in [0, 0.05) is 60.2 Å². The molecule has 1 aromatic carbocycles. The molecule has 8 fully saturated rings. The van der Waals surface area contributed by atoms with Gasteiger partial charge in [-0.25, -0.2) is 4.79 Å². The third-order valence-electron chi connectivity index (χ3n) is 25.2. The molecule has 8 heteroatoms. The molecule has 1 aromatic rings. The molecule has 4 spiro atoms. The summed E-state index contributed by atoms with van der Waals surface area (Å²) in [5.41, 5.74) is 12.5. The Morgan fingerprint density at radius 3 is 2.52 bits per heavy atom. The first-order valence-corrected chi connectivity index (χ1v) is 30.1. The molecule has 7 bridgehead atoms. The minimum atomic E-state index is -1.13. The zero-order valence-electron chi connectivity index (χ0n) is 42.8. The first kappa shape index (κ1) is 44.0. The van der Waals surface area contributed by atoms with E-state index < -0.39 is 16.4 Å². The molecular weight excluding hydrogens is 879 g/mol. The van der Waals surface area contributed by atoms with Crippen molar-refractivity contribution in [3.63, 3.8) is 0 Å². The van der Waals surface area contributed by atoms with Gasteiger partial charge >= 0.3 is 11.9 Å². The maximum Gasteiger partial charge on any atom is 0.339 e. The van der Waals surface area contributed by atoms with Gasteiger partial charge in [0.1, 0.15) is 11.2 Å². The lowest BCUT2D eigenvalue weighted by Crippen LogP contribution is -2.78. The molecule has 15 aliphatic rings. The topological polar surface area (TPSA) is 105 Å². The fraction of sp³-hybridized carbons (Fsp3) is 0.746. The fourth-order valence-electron chi connectivity index (χ4n) is 23.0. The summed E-state index contributed by atoms with van der Waals surface area (Å²) in [4.78, 5) is 38.1. The number of hydrogen-bond acceptors (Lipinski definition) is 8. The van der Waals surface area contributed by atoms with Crippen LogP contribution in [-0.4, -0.2) is 64.6 Å². The van der Waals surface area contributed by atoms with Crippen molar-refractivity contribution in [1.29, 1.82) is 0 Å². The fourth-order valence-corrected chi connectivity index (χ4v) is 23.0. The Hall–Kier alpha value is -3.36. The molecule has 0 amide bonds. The summed E-state index contributed by atoms with van der Waals surface area (Å²) < 4.78 is 14.9. The number of nitrogens with zero attached hydrogens (tertiary/aromatic N) is 2. The third-order valence-corrected chi connectivity index (χ3v) is 25.2. The Labute approximate surface area is 423 Å². The van der Waals surface area contributed by atoms with Gasteiger partial charge in [-0.15, -0.1) is 0 Å². The van der Waals surface area contributed by atoms with Crippen LogP contribution >= 0.6 is 0 Å². The van der Waals surface area contributed by atoms with Crippen molar-refractivity contribution < 1.29 is 24.2 Å². The summed E-state index contributed by atoms with van der Waals surface area (Å²) in [5, 5.41) is 14.2. The van der Waals surface area contributed by atoms with Crippen LogP contribution in [0.2, 0.25) is 0 Å². The van der Waals surface area contributed by atoms with Crippen molar-refractivity contribution >= 4 is 11.9 Å². The number of aryl methyl sites for hydroxylation is 1. The zero-order valence-corrected chi connectivity index (χ0v) is 42.8. The molecule has 4 saturated carbocycles. The van der Waals surface area contributed by atoms with Crippen LogP contribution in [0.1, 0.15) is 183 Å². The van der Waals surface area contributed by atoms with Crippen LogP contribution in [0.5, 0.6) is 0 Å². The lowest BCUT2D eigenvalue weighted by molar-refractivity contribution is -0.282. The number of esters is 2. The van der Waals surface area contributed by atoms with Crippen molar-refractivity contribution in [1.82, 2.24) is 9.80 Å². The maximum absolute atomic E-state index is 16.7. The molecule has 16 atom stereocenters. The summed E-state index contributed by atoms with van der Waals surface area (Å²) >= 11 is 0. The van der Waals surface area contributed by atoms with Gasteiger partial charge in [0.2, 0.25) is 0 Å². The number of allylic oxidation sites excluding steroid dienone is 4. The van der Waals surface area contributed by atoms with E-state index >= 15 is 9.59 Å². The summed E-state index contributed by atoms with van der Waals surface area (Å²) in [6.07, 6.45) is 34.0. The zero-order chi connectivity index (χ0) is 47.3. The van der Waals surface area contributed by atoms with Crippen molar-refractivity contribution in [3.8, 4) is 0 Å². The van der Waals surface area contributed by atoms with E-state index in [9.17, 15) is 5.11 Å². The highest BCUT2D eigenvalue weighted by Gasteiger charge is 2.94. The number of piperidine rings is 3. The van der Waals surface area contributed by atoms with Crippen LogP contribution in [0.3, 0.4) is 0 Å². The highest BCUT2D eigenvalue weighted by molar-refractivity contribution is 6.00. The van der Waals surface area contributed by atoms with Crippen molar-refractivity contribution in [3.05, 3.63) is 81.0 Å². The van der Waals surface area contributed by atoms with E-state index in [1.807, 2.05) is 0 Å². The smallest absolute Gasteiger partial charge is 0.339 e. The Morgan fingerprint density at radius 1 is 0.831 bits per heavy atom. The average molecular weight is 960 g/mol. The molecule has 8 aliphatic carbocycles. The first-order chi connectivity index (χ1) is 34.7. The Kier molecular flexibility index (Phi) is 9.53. The van der Waals surface area contributed by atoms with Gasteiger partial charge in [0.15, 0.2) is 11.4 Å². The molecule has 7 aliphatic heterocycles. The van der Waals surface area contributed by atoms with Crippen LogP contribution in [0, 0.1) is 81.3 Å². The number of nitrogens with two attached hydrogens (primary N) is 1. The molecule has 8 nitrogen and oxygen atoms in total. The van der Waals surface area contributed by atoms with E-state index in [2.05, 4.69) is 47.1 Å². The van der Waals surface area contributed by atoms with E-state index in [0.717, 1.165) is 56.2 Å². The maximum atomic E-state index is 16.7. The lowest BCUT2D eigenvalue weighted by atomic mass is 9.27. The standard InChI is InChI=1S/C63H81N3O5/c1-35-28-40-18-20-48-42-29-43-34-66(48)55(40)52-44-22-26-61-57(56(67)45-19-21-49(43)65(33-42)54(45)41-13-8-25-60(32-41)23-5-6-24-60)70-59(69)62(61)50(63(61)47-15-7-12-37(14-9-27-64)51(47)58(68)71-63)31-38(36-10-3-2-4-11-36)16-17-39(53(44)62)30-46(35)52/h7,12,15-17,35-36,38-39,41-43,45-46,48-50,52,54,67H,2-6,8-11,13-14,18-34,64H2,1H3/b17-16-,57-56+/t35-,38-,39+,41-,42+,43+,45-,46+,48+,49-,50+,52+,54+,61-,62-,63-/m1/s1. The highest BCUT2D eigenvalue weighted by Crippen LogP contribution is 2.88. The van der Waals surface area contributed by atoms with Crippen LogP contribution in [0.15, 0.2) is 64.3 Å². The van der Waals surface area contributed by atoms with Gasteiger partial charge in [-0.3, -0.25) is 9.69 Å². The minimum absolute atomic E-state index is 0.111. The number of aliphatic hydroxyl groups excluding tert-OH is 1. The predicted molar refractivity (Wildman–Crippen MR) is 272 cm³/mol. The van der Waals surface area contributed by atoms with E-state index in [1.54, 1.807) is 16.8 Å². The second kappa shape index (κ2) is 15.4. The van der Waals surface area contributed by atoms with E-state index in [0.29, 0.717) is 95.4 Å².